The predicted octanol–water partition coefficient (Wildman–Crippen LogP) is 3.93. The Bertz CT molecular complexity index is 599. The van der Waals surface area contributed by atoms with Crippen LogP contribution in [0.15, 0.2) is 18.2 Å². The summed E-state index contributed by atoms with van der Waals surface area (Å²) >= 11 is 0.648. The molecule has 0 aliphatic carbocycles. The molecule has 0 atom stereocenters. The third kappa shape index (κ3) is 2.00. The summed E-state index contributed by atoms with van der Waals surface area (Å²) in [5.41, 5.74) is -0.383. The van der Waals surface area contributed by atoms with Gasteiger partial charge in [0, 0.05) is 10.1 Å². The number of carboxylic acids is 1. The molecule has 2 nitrogen and oxygen atoms in total. The lowest BCUT2D eigenvalue weighted by molar-refractivity contribution is -0.136. The van der Waals surface area contributed by atoms with Crippen molar-refractivity contribution in [2.45, 2.75) is 13.1 Å². The van der Waals surface area contributed by atoms with Crippen LogP contribution in [0.2, 0.25) is 0 Å². The molecule has 90 valence electrons. The van der Waals surface area contributed by atoms with E-state index in [4.69, 9.17) is 5.11 Å². The minimum absolute atomic E-state index is 0.0418. The van der Waals surface area contributed by atoms with Crippen LogP contribution < -0.4 is 0 Å². The third-order valence-electron chi connectivity index (χ3n) is 2.32. The lowest BCUT2D eigenvalue weighted by Crippen LogP contribution is -2.10. The molecule has 0 saturated carbocycles. The van der Waals surface area contributed by atoms with Crippen molar-refractivity contribution < 1.29 is 23.1 Å². The summed E-state index contributed by atoms with van der Waals surface area (Å²) in [5, 5.41) is 8.77. The van der Waals surface area contributed by atoms with Crippen LogP contribution in [0.1, 0.15) is 20.8 Å². The Balaban J connectivity index is 2.87. The average Bonchev–Trinajstić information content (AvgIpc) is 2.55. The summed E-state index contributed by atoms with van der Waals surface area (Å²) in [6, 6.07) is 4.53. The number of halogens is 3. The fourth-order valence-electron chi connectivity index (χ4n) is 1.64. The first kappa shape index (κ1) is 11.9. The highest BCUT2D eigenvalue weighted by atomic mass is 32.1. The molecule has 1 aromatic heterocycles. The number of carboxylic acid groups (broad SMARTS) is 1. The molecule has 2 aromatic rings. The van der Waals surface area contributed by atoms with Gasteiger partial charge in [-0.05, 0) is 19.1 Å². The zero-order chi connectivity index (χ0) is 12.8. The van der Waals surface area contributed by atoms with Crippen LogP contribution in [0, 0.1) is 6.92 Å². The van der Waals surface area contributed by atoms with Crippen LogP contribution in [-0.4, -0.2) is 11.1 Å². The molecule has 0 saturated heterocycles. The van der Waals surface area contributed by atoms with Gasteiger partial charge in [-0.3, -0.25) is 0 Å². The standard InChI is InChI=1S/C11H7F3O2S/c1-5-2-3-7-6(4-5)8(11(12,13)14)9(17-7)10(15)16/h2-4H,1H3,(H,15,16). The monoisotopic (exact) mass is 260 g/mol. The first-order valence-corrected chi connectivity index (χ1v) is 5.46. The van der Waals surface area contributed by atoms with E-state index < -0.39 is 22.6 Å². The van der Waals surface area contributed by atoms with Gasteiger partial charge in [-0.25, -0.2) is 4.79 Å². The fourth-order valence-corrected chi connectivity index (χ4v) is 2.69. The van der Waals surface area contributed by atoms with Gasteiger partial charge in [0.15, 0.2) is 0 Å². The summed E-state index contributed by atoms with van der Waals surface area (Å²) in [6.07, 6.45) is -4.65. The van der Waals surface area contributed by atoms with Crippen LogP contribution in [-0.2, 0) is 6.18 Å². The van der Waals surface area contributed by atoms with Gasteiger partial charge in [-0.1, -0.05) is 11.6 Å². The Morgan fingerprint density at radius 1 is 1.35 bits per heavy atom. The third-order valence-corrected chi connectivity index (χ3v) is 3.48. The number of aryl methyl sites for hydroxylation is 1. The summed E-state index contributed by atoms with van der Waals surface area (Å²) in [6.45, 7) is 1.66. The van der Waals surface area contributed by atoms with Gasteiger partial charge in [0.1, 0.15) is 4.88 Å². The molecular formula is C11H7F3O2S. The average molecular weight is 260 g/mol. The van der Waals surface area contributed by atoms with Crippen LogP contribution in [0.25, 0.3) is 10.1 Å². The van der Waals surface area contributed by atoms with Gasteiger partial charge >= 0.3 is 12.1 Å². The molecule has 0 bridgehead atoms. The molecule has 1 heterocycles. The highest BCUT2D eigenvalue weighted by molar-refractivity contribution is 7.21. The lowest BCUT2D eigenvalue weighted by atomic mass is 10.1. The van der Waals surface area contributed by atoms with Gasteiger partial charge in [0.05, 0.1) is 5.56 Å². The zero-order valence-corrected chi connectivity index (χ0v) is 9.45. The highest BCUT2D eigenvalue weighted by Gasteiger charge is 2.39. The number of benzene rings is 1. The minimum Gasteiger partial charge on any atom is -0.477 e. The van der Waals surface area contributed by atoms with E-state index in [1.807, 2.05) is 0 Å². The van der Waals surface area contributed by atoms with Crippen molar-refractivity contribution in [3.8, 4) is 0 Å². The van der Waals surface area contributed by atoms with E-state index >= 15 is 0 Å². The molecule has 2 rings (SSSR count). The second-order valence-corrected chi connectivity index (χ2v) is 4.66. The number of rotatable bonds is 1. The van der Waals surface area contributed by atoms with Gasteiger partial charge < -0.3 is 5.11 Å². The molecule has 0 spiro atoms. The van der Waals surface area contributed by atoms with E-state index in [9.17, 15) is 18.0 Å². The summed E-state index contributed by atoms with van der Waals surface area (Å²) in [4.78, 5) is 10.2. The Morgan fingerprint density at radius 2 is 2.00 bits per heavy atom. The molecule has 17 heavy (non-hydrogen) atoms. The molecule has 0 fully saturated rings. The van der Waals surface area contributed by atoms with Crippen molar-refractivity contribution in [3.05, 3.63) is 34.2 Å². The van der Waals surface area contributed by atoms with E-state index in [1.165, 1.54) is 12.1 Å². The van der Waals surface area contributed by atoms with Gasteiger partial charge in [-0.15, -0.1) is 11.3 Å². The normalized spacial score (nSPS) is 12.0. The molecule has 1 N–H and O–H groups in total. The largest absolute Gasteiger partial charge is 0.477 e. The van der Waals surface area contributed by atoms with Crippen molar-refractivity contribution in [3.63, 3.8) is 0 Å². The molecule has 0 aliphatic heterocycles. The van der Waals surface area contributed by atoms with Gasteiger partial charge in [-0.2, -0.15) is 13.2 Å². The lowest BCUT2D eigenvalue weighted by Gasteiger charge is -2.06. The van der Waals surface area contributed by atoms with E-state index in [0.717, 1.165) is 0 Å². The Morgan fingerprint density at radius 3 is 2.53 bits per heavy atom. The van der Waals surface area contributed by atoms with Crippen molar-refractivity contribution in [2.75, 3.05) is 0 Å². The van der Waals surface area contributed by atoms with E-state index in [0.29, 0.717) is 21.6 Å². The molecule has 0 unspecified atom stereocenters. The first-order chi connectivity index (χ1) is 7.80. The molecule has 6 heteroatoms. The summed E-state index contributed by atoms with van der Waals surface area (Å²) < 4.78 is 38.9. The van der Waals surface area contributed by atoms with Crippen LogP contribution in [0.4, 0.5) is 13.2 Å². The van der Waals surface area contributed by atoms with Crippen molar-refractivity contribution >= 4 is 27.4 Å². The van der Waals surface area contributed by atoms with E-state index in [1.54, 1.807) is 13.0 Å². The maximum atomic E-state index is 12.8. The topological polar surface area (TPSA) is 37.3 Å². The Kier molecular flexibility index (Phi) is 2.61. The number of aromatic carboxylic acids is 1. The maximum absolute atomic E-state index is 12.8. The van der Waals surface area contributed by atoms with Crippen molar-refractivity contribution in [1.29, 1.82) is 0 Å². The Labute approximate surface area is 98.3 Å². The number of thiophene rings is 1. The quantitative estimate of drug-likeness (QED) is 0.843. The maximum Gasteiger partial charge on any atom is 0.418 e. The van der Waals surface area contributed by atoms with Crippen LogP contribution >= 0.6 is 11.3 Å². The number of alkyl halides is 3. The van der Waals surface area contributed by atoms with E-state index in [-0.39, 0.29) is 5.39 Å². The number of hydrogen-bond donors (Lipinski definition) is 1. The van der Waals surface area contributed by atoms with Gasteiger partial charge in [0.2, 0.25) is 0 Å². The Hall–Kier alpha value is -1.56. The van der Waals surface area contributed by atoms with Crippen molar-refractivity contribution in [1.82, 2.24) is 0 Å². The smallest absolute Gasteiger partial charge is 0.418 e. The molecular weight excluding hydrogens is 253 g/mol. The number of hydrogen-bond acceptors (Lipinski definition) is 2. The summed E-state index contributed by atoms with van der Waals surface area (Å²) in [7, 11) is 0. The second-order valence-electron chi connectivity index (χ2n) is 3.61. The number of fused-ring (bicyclic) bond motifs is 1. The van der Waals surface area contributed by atoms with Crippen molar-refractivity contribution in [2.24, 2.45) is 0 Å². The van der Waals surface area contributed by atoms with Crippen LogP contribution in [0.5, 0.6) is 0 Å². The SMILES string of the molecule is Cc1ccc2sc(C(=O)O)c(C(F)(F)F)c2c1. The predicted molar refractivity (Wildman–Crippen MR) is 58.5 cm³/mol. The minimum atomic E-state index is -4.65. The fraction of sp³-hybridized carbons (Fsp3) is 0.182. The second kappa shape index (κ2) is 3.73. The zero-order valence-electron chi connectivity index (χ0n) is 8.63. The van der Waals surface area contributed by atoms with E-state index in [2.05, 4.69) is 0 Å². The summed E-state index contributed by atoms with van der Waals surface area (Å²) in [5.74, 6) is -1.55. The molecule has 0 aliphatic rings. The number of carbonyl (C=O) groups is 1. The highest BCUT2D eigenvalue weighted by Crippen LogP contribution is 2.42. The molecule has 0 amide bonds. The molecule has 0 radical (unpaired) electrons. The van der Waals surface area contributed by atoms with Gasteiger partial charge in [0.25, 0.3) is 0 Å². The first-order valence-electron chi connectivity index (χ1n) is 4.64. The van der Waals surface area contributed by atoms with Crippen LogP contribution in [0.3, 0.4) is 0 Å². The molecule has 1 aromatic carbocycles.